The van der Waals surface area contributed by atoms with E-state index in [4.69, 9.17) is 4.42 Å². The number of nitrogens with one attached hydrogen (secondary N) is 1. The summed E-state index contributed by atoms with van der Waals surface area (Å²) in [6.07, 6.45) is 1.12. The third-order valence-corrected chi connectivity index (χ3v) is 3.76. The largest absolute Gasteiger partial charge is 0.423 e. The maximum absolute atomic E-state index is 5.68. The molecule has 1 aliphatic rings. The van der Waals surface area contributed by atoms with Gasteiger partial charge in [0.25, 0.3) is 6.01 Å². The Labute approximate surface area is 117 Å². The van der Waals surface area contributed by atoms with E-state index >= 15 is 0 Å². The third kappa shape index (κ3) is 1.81. The highest BCUT2D eigenvalue weighted by Crippen LogP contribution is 2.31. The predicted octanol–water partition coefficient (Wildman–Crippen LogP) is 3.56. The molecule has 100 valence electrons. The predicted molar refractivity (Wildman–Crippen MR) is 80.7 cm³/mol. The minimum atomic E-state index is 0.534. The van der Waals surface area contributed by atoms with E-state index in [0.29, 0.717) is 6.01 Å². The molecule has 0 unspecified atom stereocenters. The summed E-state index contributed by atoms with van der Waals surface area (Å²) in [6.45, 7) is 1.08. The van der Waals surface area contributed by atoms with Crippen molar-refractivity contribution in [2.45, 2.75) is 6.42 Å². The smallest absolute Gasteiger partial charge is 0.300 e. The minimum Gasteiger partial charge on any atom is -0.423 e. The fraction of sp³-hybridized carbons (Fsp3) is 0.188. The lowest BCUT2D eigenvalue weighted by Crippen LogP contribution is -2.12. The van der Waals surface area contributed by atoms with E-state index in [2.05, 4.69) is 40.4 Å². The van der Waals surface area contributed by atoms with Crippen LogP contribution in [0, 0.1) is 0 Å². The fourth-order valence-electron chi connectivity index (χ4n) is 2.67. The van der Waals surface area contributed by atoms with Crippen molar-refractivity contribution in [2.24, 2.45) is 0 Å². The van der Waals surface area contributed by atoms with Crippen molar-refractivity contribution in [1.82, 2.24) is 4.98 Å². The summed E-state index contributed by atoms with van der Waals surface area (Å²) in [5, 5.41) is 3.24. The summed E-state index contributed by atoms with van der Waals surface area (Å²) in [5.74, 6) is 0. The zero-order chi connectivity index (χ0) is 13.5. The third-order valence-electron chi connectivity index (χ3n) is 3.76. The van der Waals surface area contributed by atoms with Crippen LogP contribution >= 0.6 is 0 Å². The van der Waals surface area contributed by atoms with Crippen LogP contribution in [0.15, 0.2) is 46.9 Å². The second-order valence-corrected chi connectivity index (χ2v) is 5.13. The fourth-order valence-corrected chi connectivity index (χ4v) is 2.67. The van der Waals surface area contributed by atoms with Crippen molar-refractivity contribution in [3.05, 3.63) is 48.0 Å². The number of benzene rings is 2. The van der Waals surface area contributed by atoms with Gasteiger partial charge in [-0.05, 0) is 36.2 Å². The molecule has 4 rings (SSSR count). The second kappa shape index (κ2) is 4.27. The Kier molecular flexibility index (Phi) is 2.42. The van der Waals surface area contributed by atoms with Gasteiger partial charge in [0.15, 0.2) is 5.58 Å². The molecule has 0 spiro atoms. The molecule has 4 heteroatoms. The molecule has 0 radical (unpaired) electrons. The highest BCUT2D eigenvalue weighted by atomic mass is 16.4. The number of likely N-dealkylation sites (N-methyl/N-ethyl adjacent to an activating group) is 1. The summed E-state index contributed by atoms with van der Waals surface area (Å²) in [6, 6.07) is 14.7. The van der Waals surface area contributed by atoms with E-state index in [-0.39, 0.29) is 0 Å². The van der Waals surface area contributed by atoms with Gasteiger partial charge in [-0.25, -0.2) is 0 Å². The summed E-state index contributed by atoms with van der Waals surface area (Å²) in [4.78, 5) is 6.70. The summed E-state index contributed by atoms with van der Waals surface area (Å²) < 4.78 is 5.68. The topological polar surface area (TPSA) is 41.3 Å². The van der Waals surface area contributed by atoms with Gasteiger partial charge in [-0.2, -0.15) is 4.98 Å². The summed E-state index contributed by atoms with van der Waals surface area (Å²) >= 11 is 0. The number of para-hydroxylation sites is 2. The molecule has 0 fully saturated rings. The molecule has 0 bridgehead atoms. The van der Waals surface area contributed by atoms with Crippen LogP contribution in [0.5, 0.6) is 0 Å². The lowest BCUT2D eigenvalue weighted by Gasteiger charge is -2.13. The molecule has 1 aromatic heterocycles. The normalized spacial score (nSPS) is 13.8. The molecule has 20 heavy (non-hydrogen) atoms. The highest BCUT2D eigenvalue weighted by Gasteiger charge is 2.16. The number of nitrogens with zero attached hydrogens (tertiary/aromatic N) is 2. The Morgan fingerprint density at radius 2 is 2.10 bits per heavy atom. The zero-order valence-electron chi connectivity index (χ0n) is 11.3. The standard InChI is InChI=1S/C16H15N3O/c1-19-9-8-11-6-7-12(10-14(11)19)17-16-18-13-4-2-3-5-15(13)20-16/h2-7,10H,8-9H2,1H3,(H,17,18). The first kappa shape index (κ1) is 11.3. The van der Waals surface area contributed by atoms with Crippen molar-refractivity contribution in [1.29, 1.82) is 0 Å². The Morgan fingerprint density at radius 3 is 3.00 bits per heavy atom. The summed E-state index contributed by atoms with van der Waals surface area (Å²) in [7, 11) is 2.12. The van der Waals surface area contributed by atoms with Crippen LogP contribution in [0.3, 0.4) is 0 Å². The maximum Gasteiger partial charge on any atom is 0.300 e. The van der Waals surface area contributed by atoms with Gasteiger partial charge in [-0.3, -0.25) is 0 Å². The van der Waals surface area contributed by atoms with Crippen LogP contribution in [0.2, 0.25) is 0 Å². The molecule has 0 amide bonds. The lowest BCUT2D eigenvalue weighted by molar-refractivity contribution is 0.623. The summed E-state index contributed by atoms with van der Waals surface area (Å²) in [5.41, 5.74) is 5.35. The van der Waals surface area contributed by atoms with Crippen molar-refractivity contribution in [3.8, 4) is 0 Å². The van der Waals surface area contributed by atoms with Gasteiger partial charge in [-0.15, -0.1) is 0 Å². The van der Waals surface area contributed by atoms with Crippen LogP contribution in [0.1, 0.15) is 5.56 Å². The van der Waals surface area contributed by atoms with E-state index in [9.17, 15) is 0 Å². The Hall–Kier alpha value is -2.49. The molecule has 0 aliphatic carbocycles. The first-order chi connectivity index (χ1) is 9.79. The van der Waals surface area contributed by atoms with Crippen LogP contribution in [0.4, 0.5) is 17.4 Å². The molecule has 1 aliphatic heterocycles. The van der Waals surface area contributed by atoms with Gasteiger partial charge in [0.2, 0.25) is 0 Å². The van der Waals surface area contributed by atoms with Gasteiger partial charge < -0.3 is 14.6 Å². The van der Waals surface area contributed by atoms with Crippen LogP contribution in [-0.2, 0) is 6.42 Å². The van der Waals surface area contributed by atoms with E-state index in [1.54, 1.807) is 0 Å². The molecule has 0 atom stereocenters. The number of hydrogen-bond donors (Lipinski definition) is 1. The van der Waals surface area contributed by atoms with E-state index in [0.717, 1.165) is 29.8 Å². The molecule has 0 saturated heterocycles. The van der Waals surface area contributed by atoms with E-state index < -0.39 is 0 Å². The molecular weight excluding hydrogens is 250 g/mol. The van der Waals surface area contributed by atoms with Gasteiger partial charge in [-0.1, -0.05) is 18.2 Å². The van der Waals surface area contributed by atoms with Crippen molar-refractivity contribution >= 4 is 28.5 Å². The molecule has 2 heterocycles. The molecular formula is C16H15N3O. The van der Waals surface area contributed by atoms with Gasteiger partial charge >= 0.3 is 0 Å². The second-order valence-electron chi connectivity index (χ2n) is 5.13. The first-order valence-electron chi connectivity index (χ1n) is 6.76. The molecule has 4 nitrogen and oxygen atoms in total. The van der Waals surface area contributed by atoms with Crippen molar-refractivity contribution in [2.75, 3.05) is 23.8 Å². The lowest BCUT2D eigenvalue weighted by atomic mass is 10.1. The van der Waals surface area contributed by atoms with Gasteiger partial charge in [0.1, 0.15) is 5.52 Å². The molecule has 3 aromatic rings. The molecule has 1 N–H and O–H groups in total. The Morgan fingerprint density at radius 1 is 1.20 bits per heavy atom. The van der Waals surface area contributed by atoms with Gasteiger partial charge in [0, 0.05) is 25.0 Å². The number of fused-ring (bicyclic) bond motifs is 2. The van der Waals surface area contributed by atoms with Crippen molar-refractivity contribution < 1.29 is 4.42 Å². The minimum absolute atomic E-state index is 0.534. The van der Waals surface area contributed by atoms with Crippen LogP contribution in [-0.4, -0.2) is 18.6 Å². The average molecular weight is 265 g/mol. The number of anilines is 3. The van der Waals surface area contributed by atoms with E-state index in [1.165, 1.54) is 11.3 Å². The first-order valence-corrected chi connectivity index (χ1v) is 6.76. The average Bonchev–Trinajstić information content (AvgIpc) is 3.02. The number of aromatic nitrogens is 1. The highest BCUT2D eigenvalue weighted by molar-refractivity contribution is 5.75. The molecule has 2 aromatic carbocycles. The number of rotatable bonds is 2. The monoisotopic (exact) mass is 265 g/mol. The number of oxazole rings is 1. The Balaban J connectivity index is 1.67. The molecule has 0 saturated carbocycles. The number of hydrogen-bond acceptors (Lipinski definition) is 4. The van der Waals surface area contributed by atoms with Crippen LogP contribution < -0.4 is 10.2 Å². The zero-order valence-corrected chi connectivity index (χ0v) is 11.3. The maximum atomic E-state index is 5.68. The Bertz CT molecular complexity index is 745. The van der Waals surface area contributed by atoms with Gasteiger partial charge in [0.05, 0.1) is 0 Å². The SMILES string of the molecule is CN1CCc2ccc(Nc3nc4ccccc4o3)cc21. The van der Waals surface area contributed by atoms with Crippen LogP contribution in [0.25, 0.3) is 11.1 Å². The van der Waals surface area contributed by atoms with E-state index in [1.807, 2.05) is 24.3 Å². The quantitative estimate of drug-likeness (QED) is 0.769. The van der Waals surface area contributed by atoms with Crippen molar-refractivity contribution in [3.63, 3.8) is 0 Å².